The van der Waals surface area contributed by atoms with Gasteiger partial charge in [-0.1, -0.05) is 13.3 Å². The van der Waals surface area contributed by atoms with Crippen LogP contribution in [0.3, 0.4) is 0 Å². The highest BCUT2D eigenvalue weighted by Gasteiger charge is 2.36. The number of halogens is 5. The number of hydrogen-bond donors (Lipinski definition) is 0. The Hall–Kier alpha value is 0.120. The van der Waals surface area contributed by atoms with Crippen LogP contribution in [0.4, 0.5) is 17.6 Å². The topological polar surface area (TPSA) is 12.4 Å². The number of aliphatic imine (C=N–C) groups is 1. The average Bonchev–Trinajstić information content (AvgIpc) is 1.86. The lowest BCUT2D eigenvalue weighted by molar-refractivity contribution is -0.0675. The number of nitrogens with zero attached hydrogens (tertiary/aromatic N) is 1. The van der Waals surface area contributed by atoms with Gasteiger partial charge in [0.2, 0.25) is 0 Å². The molecule has 0 heterocycles. The van der Waals surface area contributed by atoms with Gasteiger partial charge >= 0.3 is 6.18 Å². The van der Waals surface area contributed by atoms with Gasteiger partial charge in [-0.3, -0.25) is 4.99 Å². The van der Waals surface area contributed by atoms with E-state index in [2.05, 4.69) is 4.99 Å². The van der Waals surface area contributed by atoms with Crippen LogP contribution in [0.5, 0.6) is 0 Å². The lowest BCUT2D eigenvalue weighted by atomic mass is 10.3. The Bertz CT molecular complexity index is 143. The van der Waals surface area contributed by atoms with Gasteiger partial charge in [0.05, 0.1) is 0 Å². The summed E-state index contributed by atoms with van der Waals surface area (Å²) < 4.78 is 46.0. The Morgan fingerprint density at radius 1 is 1.33 bits per heavy atom. The van der Waals surface area contributed by atoms with Gasteiger partial charge in [-0.15, -0.1) is 24.0 Å². The molecule has 0 bridgehead atoms. The number of alkyl halides is 3. The second-order valence-corrected chi connectivity index (χ2v) is 2.02. The molecule has 12 heavy (non-hydrogen) atoms. The number of unbranched alkanes of at least 4 members (excludes halogenated alkanes) is 1. The van der Waals surface area contributed by atoms with Crippen LogP contribution in [-0.4, -0.2) is 18.7 Å². The van der Waals surface area contributed by atoms with Gasteiger partial charge in [0, 0.05) is 6.54 Å². The zero-order valence-corrected chi connectivity index (χ0v) is 8.82. The molecule has 0 aliphatic rings. The molecule has 6 heteroatoms. The van der Waals surface area contributed by atoms with Gasteiger partial charge in [0.1, 0.15) is 0 Å². The van der Waals surface area contributed by atoms with E-state index in [0.29, 0.717) is 12.8 Å². The Morgan fingerprint density at radius 3 is 2.17 bits per heavy atom. The molecule has 0 fully saturated rings. The Balaban J connectivity index is 0. The molecule has 74 valence electrons. The van der Waals surface area contributed by atoms with Crippen LogP contribution in [0.2, 0.25) is 0 Å². The first kappa shape index (κ1) is 14.6. The third kappa shape index (κ3) is 6.81. The molecular weight excluding hydrogens is 289 g/mol. The van der Waals surface area contributed by atoms with E-state index in [0.717, 1.165) is 0 Å². The van der Waals surface area contributed by atoms with Crippen molar-refractivity contribution in [2.75, 3.05) is 6.54 Å². The van der Waals surface area contributed by atoms with E-state index in [-0.39, 0.29) is 30.5 Å². The number of rotatable bonds is 3. The van der Waals surface area contributed by atoms with Crippen LogP contribution in [0, 0.1) is 0 Å². The normalized spacial score (nSPS) is 12.6. The summed E-state index contributed by atoms with van der Waals surface area (Å²) in [5, 5.41) is 0. The quantitative estimate of drug-likeness (QED) is 0.328. The Labute approximate surface area is 85.3 Å². The molecule has 0 atom stereocenters. The molecule has 0 saturated carbocycles. The predicted octanol–water partition coefficient (Wildman–Crippen LogP) is 3.33. The molecule has 0 spiro atoms. The van der Waals surface area contributed by atoms with Crippen LogP contribution in [0.1, 0.15) is 19.8 Å². The Kier molecular flexibility index (Phi) is 8.07. The maximum Gasteiger partial charge on any atom is 0.461 e. The lowest BCUT2D eigenvalue weighted by Gasteiger charge is -2.00. The molecule has 1 nitrogen and oxygen atoms in total. The highest BCUT2D eigenvalue weighted by Crippen LogP contribution is 2.17. The minimum absolute atomic E-state index is 0. The van der Waals surface area contributed by atoms with E-state index in [1.165, 1.54) is 0 Å². The first-order valence-corrected chi connectivity index (χ1v) is 3.25. The third-order valence-electron chi connectivity index (χ3n) is 0.996. The molecule has 0 aromatic carbocycles. The summed E-state index contributed by atoms with van der Waals surface area (Å²) in [5.41, 5.74) is 0. The third-order valence-corrected chi connectivity index (χ3v) is 0.996. The van der Waals surface area contributed by atoms with E-state index in [1.54, 1.807) is 6.92 Å². The van der Waals surface area contributed by atoms with Crippen molar-refractivity contribution >= 4 is 29.9 Å². The first-order chi connectivity index (χ1) is 4.98. The highest BCUT2D eigenvalue weighted by atomic mass is 127. The monoisotopic (exact) mass is 299 g/mol. The van der Waals surface area contributed by atoms with Crippen molar-refractivity contribution in [1.29, 1.82) is 0 Å². The molecule has 0 N–H and O–H groups in total. The first-order valence-electron chi connectivity index (χ1n) is 3.25. The van der Waals surface area contributed by atoms with E-state index >= 15 is 0 Å². The van der Waals surface area contributed by atoms with Crippen molar-refractivity contribution in [2.45, 2.75) is 25.9 Å². The maximum atomic E-state index is 11.9. The van der Waals surface area contributed by atoms with Gasteiger partial charge in [-0.2, -0.15) is 17.6 Å². The highest BCUT2D eigenvalue weighted by molar-refractivity contribution is 14.0. The van der Waals surface area contributed by atoms with Gasteiger partial charge in [-0.25, -0.2) is 0 Å². The van der Waals surface area contributed by atoms with E-state index < -0.39 is 12.1 Å². The average molecular weight is 299 g/mol. The fourth-order valence-corrected chi connectivity index (χ4v) is 0.425. The minimum Gasteiger partial charge on any atom is -0.254 e. The largest absolute Gasteiger partial charge is 0.461 e. The molecule has 0 aliphatic heterocycles. The molecule has 0 aromatic rings. The van der Waals surface area contributed by atoms with Gasteiger partial charge in [0.15, 0.2) is 0 Å². The van der Waals surface area contributed by atoms with Crippen LogP contribution in [0.15, 0.2) is 4.99 Å². The van der Waals surface area contributed by atoms with Crippen molar-refractivity contribution in [3.05, 3.63) is 0 Å². The minimum atomic E-state index is -4.91. The summed E-state index contributed by atoms with van der Waals surface area (Å²) in [6.45, 7) is 1.70. The summed E-state index contributed by atoms with van der Waals surface area (Å²) >= 11 is 0. The van der Waals surface area contributed by atoms with E-state index in [1.807, 2.05) is 0 Å². The summed E-state index contributed by atoms with van der Waals surface area (Å²) in [5.74, 6) is -2.23. The standard InChI is InChI=1S/C6H9F4N.HI/c1-2-3-4-11-5(7)6(8,9)10;/h2-4H2,1H3;1H. The molecule has 0 aromatic heterocycles. The summed E-state index contributed by atoms with van der Waals surface area (Å²) in [6, 6.07) is 0. The van der Waals surface area contributed by atoms with Crippen molar-refractivity contribution < 1.29 is 17.6 Å². The fraction of sp³-hybridized carbons (Fsp3) is 0.833. The molecular formula is C6H10F4IN. The zero-order valence-electron chi connectivity index (χ0n) is 6.49. The van der Waals surface area contributed by atoms with Crippen molar-refractivity contribution in [3.63, 3.8) is 0 Å². The lowest BCUT2D eigenvalue weighted by Crippen LogP contribution is -2.18. The van der Waals surface area contributed by atoms with Crippen LogP contribution >= 0.6 is 24.0 Å². The van der Waals surface area contributed by atoms with Gasteiger partial charge in [0.25, 0.3) is 5.97 Å². The molecule has 0 aliphatic carbocycles. The molecule has 0 amide bonds. The van der Waals surface area contributed by atoms with Crippen molar-refractivity contribution in [3.8, 4) is 0 Å². The van der Waals surface area contributed by atoms with Crippen LogP contribution in [0.25, 0.3) is 0 Å². The van der Waals surface area contributed by atoms with E-state index in [4.69, 9.17) is 0 Å². The molecule has 0 radical (unpaired) electrons. The second kappa shape index (κ2) is 6.62. The van der Waals surface area contributed by atoms with E-state index in [9.17, 15) is 17.6 Å². The Morgan fingerprint density at radius 2 is 1.83 bits per heavy atom. The summed E-state index contributed by atoms with van der Waals surface area (Å²) in [6.07, 6.45) is -3.73. The van der Waals surface area contributed by atoms with Gasteiger partial charge < -0.3 is 0 Å². The van der Waals surface area contributed by atoms with Crippen molar-refractivity contribution in [2.24, 2.45) is 4.99 Å². The smallest absolute Gasteiger partial charge is 0.254 e. The van der Waals surface area contributed by atoms with Crippen LogP contribution in [-0.2, 0) is 0 Å². The fourth-order valence-electron chi connectivity index (χ4n) is 0.425. The zero-order chi connectivity index (χ0) is 8.91. The SMILES string of the molecule is CCCCN=C(F)C(F)(F)F.I. The second-order valence-electron chi connectivity index (χ2n) is 2.02. The molecule has 0 rings (SSSR count). The van der Waals surface area contributed by atoms with Gasteiger partial charge in [-0.05, 0) is 6.42 Å². The maximum absolute atomic E-state index is 11.9. The predicted molar refractivity (Wildman–Crippen MR) is 49.8 cm³/mol. The molecule has 0 saturated heterocycles. The summed E-state index contributed by atoms with van der Waals surface area (Å²) in [7, 11) is 0. The number of hydrogen-bond acceptors (Lipinski definition) is 1. The van der Waals surface area contributed by atoms with Crippen LogP contribution < -0.4 is 0 Å². The summed E-state index contributed by atoms with van der Waals surface area (Å²) in [4.78, 5) is 2.71. The molecule has 0 unspecified atom stereocenters. The van der Waals surface area contributed by atoms with Crippen molar-refractivity contribution in [1.82, 2.24) is 0 Å².